The third-order valence-corrected chi connectivity index (χ3v) is 4.50. The van der Waals surface area contributed by atoms with Gasteiger partial charge in [-0.15, -0.1) is 0 Å². The molecular weight excluding hydrogens is 350 g/mol. The molecule has 1 fully saturated rings. The molecule has 2 aromatic heterocycles. The van der Waals surface area contributed by atoms with Crippen molar-refractivity contribution >= 4 is 23.0 Å². The van der Waals surface area contributed by atoms with E-state index >= 15 is 0 Å². The maximum atomic E-state index is 12.0. The Kier molecular flexibility index (Phi) is 4.69. The second-order valence-electron chi connectivity index (χ2n) is 6.36. The summed E-state index contributed by atoms with van der Waals surface area (Å²) in [6.07, 6.45) is 1.55. The number of aliphatic hydroxyl groups is 1. The van der Waals surface area contributed by atoms with Crippen LogP contribution in [0.1, 0.15) is 18.2 Å². The molecular formula is C18H19N5O4. The molecule has 0 radical (unpaired) electrons. The molecule has 3 N–H and O–H groups in total. The van der Waals surface area contributed by atoms with Crippen molar-refractivity contribution < 1.29 is 19.4 Å². The number of fused-ring (bicyclic) bond motifs is 1. The lowest BCUT2D eigenvalue weighted by atomic mass is 10.1. The first-order valence-corrected chi connectivity index (χ1v) is 8.58. The Bertz CT molecular complexity index is 945. The number of nitrogen functional groups attached to an aromatic ring is 1. The third kappa shape index (κ3) is 3.60. The summed E-state index contributed by atoms with van der Waals surface area (Å²) < 4.78 is 12.8. The summed E-state index contributed by atoms with van der Waals surface area (Å²) in [6.45, 7) is -0.0207. The van der Waals surface area contributed by atoms with Gasteiger partial charge in [-0.05, 0) is 5.56 Å². The maximum absolute atomic E-state index is 12.0. The predicted molar refractivity (Wildman–Crippen MR) is 95.4 cm³/mol. The van der Waals surface area contributed by atoms with Crippen LogP contribution in [-0.2, 0) is 20.7 Å². The molecule has 3 aromatic rings. The van der Waals surface area contributed by atoms with Gasteiger partial charge >= 0.3 is 5.97 Å². The van der Waals surface area contributed by atoms with Crippen molar-refractivity contribution in [2.45, 2.75) is 31.3 Å². The zero-order valence-corrected chi connectivity index (χ0v) is 14.4. The molecule has 0 aliphatic carbocycles. The summed E-state index contributed by atoms with van der Waals surface area (Å²) in [4.78, 5) is 24.3. The fourth-order valence-corrected chi connectivity index (χ4v) is 3.11. The Labute approximate surface area is 154 Å². The van der Waals surface area contributed by atoms with Crippen LogP contribution >= 0.6 is 0 Å². The maximum Gasteiger partial charge on any atom is 0.310 e. The SMILES string of the molecule is Nc1ncnc2c1ncn2[C@H]1C[C@H](O)[C@@H](COC(=O)Cc2ccccc2)O1. The Morgan fingerprint density at radius 3 is 2.93 bits per heavy atom. The van der Waals surface area contributed by atoms with Gasteiger partial charge in [0, 0.05) is 6.42 Å². The largest absolute Gasteiger partial charge is 0.463 e. The zero-order chi connectivity index (χ0) is 18.8. The van der Waals surface area contributed by atoms with E-state index in [-0.39, 0.29) is 24.8 Å². The molecule has 3 atom stereocenters. The summed E-state index contributed by atoms with van der Waals surface area (Å²) >= 11 is 0. The van der Waals surface area contributed by atoms with E-state index in [1.807, 2.05) is 30.3 Å². The standard InChI is InChI=1S/C18H19N5O4/c19-17-16-18(21-9-20-17)23(10-22-16)14-7-12(24)13(27-14)8-26-15(25)6-11-4-2-1-3-5-11/h1-5,9-10,12-14,24H,6-8H2,(H2,19,20,21)/t12-,13+,14+/m0/s1. The van der Waals surface area contributed by atoms with Gasteiger partial charge in [-0.1, -0.05) is 30.3 Å². The lowest BCUT2D eigenvalue weighted by Gasteiger charge is -2.16. The van der Waals surface area contributed by atoms with Gasteiger partial charge in [-0.25, -0.2) is 15.0 Å². The van der Waals surface area contributed by atoms with E-state index in [1.165, 1.54) is 6.33 Å². The summed E-state index contributed by atoms with van der Waals surface area (Å²) in [7, 11) is 0. The van der Waals surface area contributed by atoms with Gasteiger partial charge < -0.3 is 20.3 Å². The third-order valence-electron chi connectivity index (χ3n) is 4.50. The second-order valence-corrected chi connectivity index (χ2v) is 6.36. The van der Waals surface area contributed by atoms with Gasteiger partial charge in [0.15, 0.2) is 11.5 Å². The molecule has 1 saturated heterocycles. The summed E-state index contributed by atoms with van der Waals surface area (Å²) in [6, 6.07) is 9.33. The molecule has 140 valence electrons. The second kappa shape index (κ2) is 7.29. The highest BCUT2D eigenvalue weighted by Crippen LogP contribution is 2.31. The number of aliphatic hydroxyl groups excluding tert-OH is 1. The predicted octanol–water partition coefficient (Wildman–Crippen LogP) is 0.843. The number of benzene rings is 1. The first-order chi connectivity index (χ1) is 13.1. The number of aromatic nitrogens is 4. The van der Waals surface area contributed by atoms with Gasteiger partial charge in [0.25, 0.3) is 0 Å². The minimum atomic E-state index is -0.767. The van der Waals surface area contributed by atoms with Crippen LogP contribution in [0.5, 0.6) is 0 Å². The van der Waals surface area contributed by atoms with E-state index in [2.05, 4.69) is 15.0 Å². The molecule has 9 nitrogen and oxygen atoms in total. The quantitative estimate of drug-likeness (QED) is 0.634. The zero-order valence-electron chi connectivity index (χ0n) is 14.4. The monoisotopic (exact) mass is 369 g/mol. The number of imidazole rings is 1. The normalized spacial score (nSPS) is 22.2. The van der Waals surface area contributed by atoms with E-state index < -0.39 is 18.4 Å². The van der Waals surface area contributed by atoms with Crippen LogP contribution in [0.15, 0.2) is 43.0 Å². The van der Waals surface area contributed by atoms with Crippen LogP contribution in [0, 0.1) is 0 Å². The van der Waals surface area contributed by atoms with Crippen LogP contribution < -0.4 is 5.73 Å². The molecule has 0 amide bonds. The number of nitrogens with two attached hydrogens (primary N) is 1. The van der Waals surface area contributed by atoms with E-state index in [1.54, 1.807) is 10.9 Å². The molecule has 0 spiro atoms. The average molecular weight is 369 g/mol. The number of nitrogens with zero attached hydrogens (tertiary/aromatic N) is 4. The number of ether oxygens (including phenoxy) is 2. The molecule has 3 heterocycles. The van der Waals surface area contributed by atoms with Gasteiger partial charge in [-0.2, -0.15) is 0 Å². The Balaban J connectivity index is 1.38. The average Bonchev–Trinajstić information content (AvgIpc) is 3.25. The van der Waals surface area contributed by atoms with Crippen molar-refractivity contribution in [2.24, 2.45) is 0 Å². The lowest BCUT2D eigenvalue weighted by Crippen LogP contribution is -2.28. The highest BCUT2D eigenvalue weighted by atomic mass is 16.6. The van der Waals surface area contributed by atoms with Crippen molar-refractivity contribution in [3.63, 3.8) is 0 Å². The molecule has 4 rings (SSSR count). The van der Waals surface area contributed by atoms with Gasteiger partial charge in [0.2, 0.25) is 0 Å². The molecule has 0 unspecified atom stereocenters. The van der Waals surface area contributed by atoms with E-state index in [0.29, 0.717) is 17.6 Å². The molecule has 9 heteroatoms. The minimum Gasteiger partial charge on any atom is -0.463 e. The molecule has 1 aromatic carbocycles. The molecule has 1 aliphatic heterocycles. The van der Waals surface area contributed by atoms with E-state index in [4.69, 9.17) is 15.2 Å². The Morgan fingerprint density at radius 1 is 1.30 bits per heavy atom. The van der Waals surface area contributed by atoms with E-state index in [9.17, 15) is 9.90 Å². The van der Waals surface area contributed by atoms with Gasteiger partial charge in [0.05, 0.1) is 18.9 Å². The number of anilines is 1. The topological polar surface area (TPSA) is 125 Å². The minimum absolute atomic E-state index is 0.0207. The van der Waals surface area contributed by atoms with Gasteiger partial charge in [0.1, 0.15) is 30.8 Å². The Morgan fingerprint density at radius 2 is 2.11 bits per heavy atom. The number of hydrogen-bond acceptors (Lipinski definition) is 8. The van der Waals surface area contributed by atoms with Crippen LogP contribution in [0.4, 0.5) is 5.82 Å². The van der Waals surface area contributed by atoms with Gasteiger partial charge in [-0.3, -0.25) is 9.36 Å². The molecule has 27 heavy (non-hydrogen) atoms. The summed E-state index contributed by atoms with van der Waals surface area (Å²) in [5.41, 5.74) is 7.67. The first kappa shape index (κ1) is 17.4. The van der Waals surface area contributed by atoms with Crippen molar-refractivity contribution in [1.29, 1.82) is 0 Å². The summed E-state index contributed by atoms with van der Waals surface area (Å²) in [5.74, 6) is -0.0854. The smallest absolute Gasteiger partial charge is 0.310 e. The fourth-order valence-electron chi connectivity index (χ4n) is 3.11. The number of rotatable bonds is 5. The van der Waals surface area contributed by atoms with Crippen molar-refractivity contribution in [3.05, 3.63) is 48.5 Å². The lowest BCUT2D eigenvalue weighted by molar-refractivity contribution is -0.149. The van der Waals surface area contributed by atoms with E-state index in [0.717, 1.165) is 5.56 Å². The number of esters is 1. The van der Waals surface area contributed by atoms with Crippen molar-refractivity contribution in [1.82, 2.24) is 19.5 Å². The van der Waals surface area contributed by atoms with Crippen LogP contribution in [0.3, 0.4) is 0 Å². The first-order valence-electron chi connectivity index (χ1n) is 8.58. The molecule has 0 bridgehead atoms. The van der Waals surface area contributed by atoms with Crippen LogP contribution in [-0.4, -0.2) is 49.4 Å². The van der Waals surface area contributed by atoms with Crippen molar-refractivity contribution in [2.75, 3.05) is 12.3 Å². The Hall–Kier alpha value is -3.04. The fraction of sp³-hybridized carbons (Fsp3) is 0.333. The highest BCUT2D eigenvalue weighted by Gasteiger charge is 2.36. The number of carbonyl (C=O) groups excluding carboxylic acids is 1. The molecule has 1 aliphatic rings. The highest BCUT2D eigenvalue weighted by molar-refractivity contribution is 5.81. The van der Waals surface area contributed by atoms with Crippen molar-refractivity contribution in [3.8, 4) is 0 Å². The van der Waals surface area contributed by atoms with Crippen LogP contribution in [0.2, 0.25) is 0 Å². The number of hydrogen-bond donors (Lipinski definition) is 2. The number of carbonyl (C=O) groups is 1. The molecule has 0 saturated carbocycles. The summed E-state index contributed by atoms with van der Waals surface area (Å²) in [5, 5.41) is 10.3. The van der Waals surface area contributed by atoms with Crippen LogP contribution in [0.25, 0.3) is 11.2 Å².